The Morgan fingerprint density at radius 1 is 1.15 bits per heavy atom. The Balaban J connectivity index is 1.73. The van der Waals surface area contributed by atoms with Crippen molar-refractivity contribution in [3.05, 3.63) is 64.4 Å². The monoisotopic (exact) mass is 362 g/mol. The van der Waals surface area contributed by atoms with E-state index in [0.29, 0.717) is 6.42 Å². The van der Waals surface area contributed by atoms with Gasteiger partial charge in [-0.1, -0.05) is 23.8 Å². The summed E-state index contributed by atoms with van der Waals surface area (Å²) in [6.07, 6.45) is 10.0. The summed E-state index contributed by atoms with van der Waals surface area (Å²) in [6, 6.07) is 6.89. The van der Waals surface area contributed by atoms with Gasteiger partial charge >= 0.3 is 0 Å². The van der Waals surface area contributed by atoms with Gasteiger partial charge < -0.3 is 9.47 Å². The molecule has 3 heteroatoms. The Bertz CT molecular complexity index is 1010. The highest BCUT2D eigenvalue weighted by atomic mass is 19.1. The number of rotatable bonds is 2. The molecule has 140 valence electrons. The molecule has 0 saturated heterocycles. The highest BCUT2D eigenvalue weighted by Crippen LogP contribution is 2.41. The molecule has 2 nitrogen and oxygen atoms in total. The number of halogens is 1. The smallest absolute Gasteiger partial charge is 0.122 e. The fraction of sp³-hybridized carbons (Fsp3) is 0.417. The Labute approximate surface area is 160 Å². The van der Waals surface area contributed by atoms with Crippen LogP contribution in [0.5, 0.6) is 0 Å². The molecule has 1 atom stereocenters. The van der Waals surface area contributed by atoms with Crippen molar-refractivity contribution in [2.45, 2.75) is 51.7 Å². The minimum absolute atomic E-state index is 0.511. The highest BCUT2D eigenvalue weighted by molar-refractivity contribution is 5.90. The second-order valence-corrected chi connectivity index (χ2v) is 8.32. The molecule has 27 heavy (non-hydrogen) atoms. The van der Waals surface area contributed by atoms with Gasteiger partial charge in [0.1, 0.15) is 6.17 Å². The number of likely N-dealkylation sites (N-methyl/N-ethyl adjacent to an activating group) is 1. The van der Waals surface area contributed by atoms with Gasteiger partial charge in [0.25, 0.3) is 0 Å². The van der Waals surface area contributed by atoms with E-state index in [-0.39, 0.29) is 0 Å². The van der Waals surface area contributed by atoms with Crippen molar-refractivity contribution in [3.63, 3.8) is 0 Å². The van der Waals surface area contributed by atoms with E-state index >= 15 is 0 Å². The molecule has 1 aliphatic heterocycles. The third-order valence-corrected chi connectivity index (χ3v) is 6.35. The summed E-state index contributed by atoms with van der Waals surface area (Å²) in [4.78, 5) is 2.42. The van der Waals surface area contributed by atoms with Crippen LogP contribution in [0.4, 0.5) is 4.39 Å². The van der Waals surface area contributed by atoms with Crippen LogP contribution >= 0.6 is 0 Å². The van der Waals surface area contributed by atoms with Gasteiger partial charge in [-0.2, -0.15) is 0 Å². The van der Waals surface area contributed by atoms with Crippen LogP contribution in [-0.4, -0.2) is 29.2 Å². The lowest BCUT2D eigenvalue weighted by atomic mass is 9.97. The van der Waals surface area contributed by atoms with Crippen molar-refractivity contribution < 1.29 is 4.39 Å². The van der Waals surface area contributed by atoms with Crippen LogP contribution < -0.4 is 0 Å². The first-order valence-corrected chi connectivity index (χ1v) is 10.2. The molecular formula is C24H27FN2. The van der Waals surface area contributed by atoms with E-state index in [4.69, 9.17) is 0 Å². The van der Waals surface area contributed by atoms with Crippen molar-refractivity contribution in [2.75, 3.05) is 13.6 Å². The molecule has 2 heterocycles. The number of allylic oxidation sites excluding steroid dienone is 6. The molecule has 0 spiro atoms. The third kappa shape index (κ3) is 2.80. The Kier molecular flexibility index (Phi) is 4.08. The standard InChI is InChI=1S/C24H27FN2/c1-16-6-11-23-20(14-16)21-15-26(2)13-12-24(21)27(23)22-5-3-4-19(22)17-7-9-18(25)10-8-17/h6-9,11,14,18H,3-5,10,12-13,15H2,1-2H3. The molecule has 0 radical (unpaired) electrons. The van der Waals surface area contributed by atoms with Crippen molar-refractivity contribution in [1.29, 1.82) is 0 Å². The van der Waals surface area contributed by atoms with Crippen LogP contribution in [0.2, 0.25) is 0 Å². The van der Waals surface area contributed by atoms with Gasteiger partial charge in [-0.3, -0.25) is 0 Å². The molecular weight excluding hydrogens is 335 g/mol. The predicted octanol–water partition coefficient (Wildman–Crippen LogP) is 5.56. The van der Waals surface area contributed by atoms with E-state index in [1.165, 1.54) is 51.0 Å². The molecule has 0 bridgehead atoms. The number of benzene rings is 1. The Hall–Kier alpha value is -2.13. The van der Waals surface area contributed by atoms with Crippen LogP contribution in [0, 0.1) is 6.92 Å². The molecule has 2 aliphatic carbocycles. The van der Waals surface area contributed by atoms with E-state index in [1.54, 1.807) is 6.08 Å². The maximum Gasteiger partial charge on any atom is 0.122 e. The zero-order valence-electron chi connectivity index (χ0n) is 16.3. The average molecular weight is 362 g/mol. The second kappa shape index (κ2) is 6.49. The minimum Gasteiger partial charge on any atom is -0.317 e. The summed E-state index contributed by atoms with van der Waals surface area (Å²) in [5, 5.41) is 1.41. The number of aromatic nitrogens is 1. The predicted molar refractivity (Wildman–Crippen MR) is 111 cm³/mol. The topological polar surface area (TPSA) is 8.17 Å². The first-order valence-electron chi connectivity index (χ1n) is 10.2. The van der Waals surface area contributed by atoms with Crippen LogP contribution in [0.15, 0.2) is 47.6 Å². The van der Waals surface area contributed by atoms with E-state index in [2.05, 4.69) is 47.7 Å². The second-order valence-electron chi connectivity index (χ2n) is 8.32. The van der Waals surface area contributed by atoms with Crippen molar-refractivity contribution in [1.82, 2.24) is 9.47 Å². The zero-order chi connectivity index (χ0) is 18.5. The normalized spacial score (nSPS) is 23.2. The van der Waals surface area contributed by atoms with E-state index < -0.39 is 6.17 Å². The summed E-state index contributed by atoms with van der Waals surface area (Å²) < 4.78 is 16.1. The van der Waals surface area contributed by atoms with Crippen LogP contribution in [0.3, 0.4) is 0 Å². The van der Waals surface area contributed by atoms with Gasteiger partial charge in [0, 0.05) is 42.7 Å². The van der Waals surface area contributed by atoms with Crippen LogP contribution in [0.1, 0.15) is 42.5 Å². The molecule has 0 N–H and O–H groups in total. The van der Waals surface area contributed by atoms with Gasteiger partial charge in [-0.05, 0) is 68.2 Å². The lowest BCUT2D eigenvalue weighted by Crippen LogP contribution is -2.27. The first kappa shape index (κ1) is 17.0. The number of hydrogen-bond donors (Lipinski definition) is 0. The number of nitrogens with zero attached hydrogens (tertiary/aromatic N) is 2. The fourth-order valence-corrected chi connectivity index (χ4v) is 5.02. The van der Waals surface area contributed by atoms with Crippen LogP contribution in [-0.2, 0) is 13.0 Å². The fourth-order valence-electron chi connectivity index (χ4n) is 5.02. The van der Waals surface area contributed by atoms with E-state index in [0.717, 1.165) is 32.4 Å². The van der Waals surface area contributed by atoms with Crippen LogP contribution in [0.25, 0.3) is 16.6 Å². The summed E-state index contributed by atoms with van der Waals surface area (Å²) in [5.74, 6) is 0. The third-order valence-electron chi connectivity index (χ3n) is 6.35. The molecule has 1 aromatic carbocycles. The molecule has 2 aromatic rings. The van der Waals surface area contributed by atoms with E-state index in [1.807, 2.05) is 6.08 Å². The zero-order valence-corrected chi connectivity index (χ0v) is 16.3. The maximum atomic E-state index is 13.6. The largest absolute Gasteiger partial charge is 0.317 e. The van der Waals surface area contributed by atoms with Gasteiger partial charge in [0.15, 0.2) is 0 Å². The summed E-state index contributed by atoms with van der Waals surface area (Å²) in [6.45, 7) is 4.31. The van der Waals surface area contributed by atoms with Crippen molar-refractivity contribution >= 4 is 16.6 Å². The molecule has 1 unspecified atom stereocenters. The Morgan fingerprint density at radius 3 is 2.85 bits per heavy atom. The van der Waals surface area contributed by atoms with Gasteiger partial charge in [-0.15, -0.1) is 0 Å². The molecule has 1 aromatic heterocycles. The summed E-state index contributed by atoms with van der Waals surface area (Å²) >= 11 is 0. The molecule has 5 rings (SSSR count). The lowest BCUT2D eigenvalue weighted by Gasteiger charge is -2.25. The molecule has 3 aliphatic rings. The summed E-state index contributed by atoms with van der Waals surface area (Å²) in [5.41, 5.74) is 9.78. The van der Waals surface area contributed by atoms with Gasteiger partial charge in [-0.25, -0.2) is 4.39 Å². The molecule has 0 saturated carbocycles. The Morgan fingerprint density at radius 2 is 2.04 bits per heavy atom. The molecule has 0 amide bonds. The SMILES string of the molecule is Cc1ccc2c(c1)c1c(n2C2=C(C3=CCC(F)C=C3)CCC2)CCN(C)C1. The highest BCUT2D eigenvalue weighted by Gasteiger charge is 2.27. The quantitative estimate of drug-likeness (QED) is 0.679. The van der Waals surface area contributed by atoms with E-state index in [9.17, 15) is 4.39 Å². The summed E-state index contributed by atoms with van der Waals surface area (Å²) in [7, 11) is 2.22. The number of alkyl halides is 1. The average Bonchev–Trinajstić information content (AvgIpc) is 3.24. The lowest BCUT2D eigenvalue weighted by molar-refractivity contribution is 0.311. The molecule has 0 fully saturated rings. The number of aryl methyl sites for hydroxylation is 1. The van der Waals surface area contributed by atoms with Crippen molar-refractivity contribution in [2.24, 2.45) is 0 Å². The minimum atomic E-state index is -0.821. The van der Waals surface area contributed by atoms with Gasteiger partial charge in [0.2, 0.25) is 0 Å². The van der Waals surface area contributed by atoms with Crippen molar-refractivity contribution in [3.8, 4) is 0 Å². The first-order chi connectivity index (χ1) is 13.1. The maximum absolute atomic E-state index is 13.6. The number of fused-ring (bicyclic) bond motifs is 3. The number of hydrogen-bond acceptors (Lipinski definition) is 1. The van der Waals surface area contributed by atoms with Gasteiger partial charge in [0.05, 0.1) is 5.52 Å².